The summed E-state index contributed by atoms with van der Waals surface area (Å²) in [7, 11) is 0. The second-order valence-electron chi connectivity index (χ2n) is 3.25. The van der Waals surface area contributed by atoms with Crippen LogP contribution in [0, 0.1) is 15.9 Å². The van der Waals surface area contributed by atoms with Crippen LogP contribution in [0.3, 0.4) is 0 Å². The van der Waals surface area contributed by atoms with E-state index in [1.165, 1.54) is 0 Å². The van der Waals surface area contributed by atoms with Crippen LogP contribution in [0.15, 0.2) is 12.1 Å². The lowest BCUT2D eigenvalue weighted by Crippen LogP contribution is -2.01. The van der Waals surface area contributed by atoms with Crippen LogP contribution in [0.2, 0.25) is 5.02 Å². The molecule has 0 aliphatic carbocycles. The first-order chi connectivity index (χ1) is 8.06. The molecule has 0 heterocycles. The van der Waals surface area contributed by atoms with Crippen LogP contribution >= 0.6 is 11.6 Å². The largest absolute Gasteiger partial charge is 0.336 e. The zero-order valence-corrected chi connectivity index (χ0v) is 9.87. The molecule has 0 radical (unpaired) electrons. The zero-order valence-electron chi connectivity index (χ0n) is 9.11. The average Bonchev–Trinajstić information content (AvgIpc) is 2.26. The highest BCUT2D eigenvalue weighted by Gasteiger charge is 2.19. The molecule has 0 amide bonds. The fourth-order valence-electron chi connectivity index (χ4n) is 1.03. The molecule has 0 bridgehead atoms. The minimum atomic E-state index is -1.01. The van der Waals surface area contributed by atoms with Gasteiger partial charge in [0.25, 0.3) is 0 Å². The minimum absolute atomic E-state index is 0.0733. The molecule has 1 aromatic rings. The molecule has 0 aromatic heterocycles. The Bertz CT molecular complexity index is 414. The summed E-state index contributed by atoms with van der Waals surface area (Å²) in [6.07, 6.45) is 1.70. The Morgan fingerprint density at radius 3 is 2.82 bits per heavy atom. The summed E-state index contributed by atoms with van der Waals surface area (Å²) in [5.41, 5.74) is -0.705. The van der Waals surface area contributed by atoms with Crippen LogP contribution in [-0.2, 0) is 4.89 Å². The van der Waals surface area contributed by atoms with Crippen LogP contribution in [-0.4, -0.2) is 11.5 Å². The molecule has 0 unspecified atom stereocenters. The number of unbranched alkanes of at least 4 members (excludes halogenated alkanes) is 1. The Labute approximate surface area is 102 Å². The van der Waals surface area contributed by atoms with Crippen molar-refractivity contribution in [1.82, 2.24) is 0 Å². The van der Waals surface area contributed by atoms with E-state index >= 15 is 0 Å². The van der Waals surface area contributed by atoms with Gasteiger partial charge in [0.05, 0.1) is 22.6 Å². The summed E-state index contributed by atoms with van der Waals surface area (Å²) in [5.74, 6) is -1.09. The SMILES string of the molecule is CCCCOOc1cc([N+](=O)[O-])c(F)cc1Cl. The smallest absolute Gasteiger partial charge is 0.308 e. The number of nitro benzene ring substituents is 1. The molecule has 0 N–H and O–H groups in total. The molecule has 5 nitrogen and oxygen atoms in total. The van der Waals surface area contributed by atoms with Crippen LogP contribution < -0.4 is 4.89 Å². The van der Waals surface area contributed by atoms with Crippen molar-refractivity contribution in [3.05, 3.63) is 33.1 Å². The van der Waals surface area contributed by atoms with Gasteiger partial charge in [-0.15, -0.1) is 0 Å². The first kappa shape index (κ1) is 13.7. The second kappa shape index (κ2) is 6.36. The highest BCUT2D eigenvalue weighted by molar-refractivity contribution is 6.32. The van der Waals surface area contributed by atoms with Crippen molar-refractivity contribution < 1.29 is 19.1 Å². The van der Waals surface area contributed by atoms with E-state index in [1.807, 2.05) is 6.92 Å². The molecule has 7 heteroatoms. The molecule has 1 rings (SSSR count). The van der Waals surface area contributed by atoms with Gasteiger partial charge in [-0.2, -0.15) is 9.28 Å². The normalized spacial score (nSPS) is 10.3. The third-order valence-corrected chi connectivity index (χ3v) is 2.22. The summed E-state index contributed by atoms with van der Waals surface area (Å²) in [4.78, 5) is 19.2. The molecule has 0 aliphatic heterocycles. The Hall–Kier alpha value is -1.40. The molecule has 0 saturated carbocycles. The number of rotatable bonds is 6. The molecule has 0 fully saturated rings. The van der Waals surface area contributed by atoms with E-state index in [4.69, 9.17) is 21.4 Å². The maximum Gasteiger partial charge on any atom is 0.308 e. The van der Waals surface area contributed by atoms with Crippen molar-refractivity contribution in [1.29, 1.82) is 0 Å². The van der Waals surface area contributed by atoms with E-state index in [2.05, 4.69) is 0 Å². The third-order valence-electron chi connectivity index (χ3n) is 1.93. The molecule has 94 valence electrons. The van der Waals surface area contributed by atoms with Gasteiger partial charge in [0.2, 0.25) is 5.82 Å². The fraction of sp³-hybridized carbons (Fsp3) is 0.400. The van der Waals surface area contributed by atoms with E-state index in [9.17, 15) is 14.5 Å². The Kier molecular flexibility index (Phi) is 5.11. The highest BCUT2D eigenvalue weighted by atomic mass is 35.5. The lowest BCUT2D eigenvalue weighted by molar-refractivity contribution is -0.387. The molecule has 1 aromatic carbocycles. The van der Waals surface area contributed by atoms with Crippen LogP contribution in [0.1, 0.15) is 19.8 Å². The highest BCUT2D eigenvalue weighted by Crippen LogP contribution is 2.31. The number of halogens is 2. The standard InChI is InChI=1S/C10H11ClFNO4/c1-2-3-4-16-17-10-6-9(13(14)15)8(12)5-7(10)11/h5-6H,2-4H2,1H3. The molecule has 0 atom stereocenters. The Morgan fingerprint density at radius 2 is 2.24 bits per heavy atom. The van der Waals surface area contributed by atoms with Gasteiger partial charge in [-0.1, -0.05) is 24.9 Å². The van der Waals surface area contributed by atoms with Gasteiger partial charge in [0.1, 0.15) is 0 Å². The molecule has 17 heavy (non-hydrogen) atoms. The first-order valence-corrected chi connectivity index (χ1v) is 5.37. The molecule has 0 aliphatic rings. The Balaban J connectivity index is 2.77. The van der Waals surface area contributed by atoms with Crippen molar-refractivity contribution in [2.24, 2.45) is 0 Å². The lowest BCUT2D eigenvalue weighted by atomic mass is 10.3. The number of nitrogens with zero attached hydrogens (tertiary/aromatic N) is 1. The van der Waals surface area contributed by atoms with Gasteiger partial charge in [0, 0.05) is 6.07 Å². The zero-order chi connectivity index (χ0) is 12.8. The van der Waals surface area contributed by atoms with E-state index in [0.29, 0.717) is 6.61 Å². The molecule has 0 saturated heterocycles. The van der Waals surface area contributed by atoms with Crippen LogP contribution in [0.25, 0.3) is 0 Å². The number of hydrogen-bond acceptors (Lipinski definition) is 4. The van der Waals surface area contributed by atoms with Gasteiger partial charge in [-0.3, -0.25) is 10.1 Å². The summed E-state index contributed by atoms with van der Waals surface area (Å²) < 4.78 is 13.1. The van der Waals surface area contributed by atoms with E-state index in [0.717, 1.165) is 25.0 Å². The summed E-state index contributed by atoms with van der Waals surface area (Å²) in [6, 6.07) is 1.71. The van der Waals surface area contributed by atoms with Crippen LogP contribution in [0.4, 0.5) is 10.1 Å². The molecular formula is C10H11ClFNO4. The Morgan fingerprint density at radius 1 is 1.53 bits per heavy atom. The van der Waals surface area contributed by atoms with E-state index in [1.54, 1.807) is 0 Å². The van der Waals surface area contributed by atoms with Gasteiger partial charge < -0.3 is 4.89 Å². The third kappa shape index (κ3) is 3.83. The lowest BCUT2D eigenvalue weighted by Gasteiger charge is -2.06. The maximum atomic E-state index is 13.1. The van der Waals surface area contributed by atoms with E-state index < -0.39 is 16.4 Å². The molecule has 0 spiro atoms. The van der Waals surface area contributed by atoms with Gasteiger partial charge >= 0.3 is 5.69 Å². The predicted molar refractivity (Wildman–Crippen MR) is 59.6 cm³/mol. The number of hydrogen-bond donors (Lipinski definition) is 0. The summed E-state index contributed by atoms with van der Waals surface area (Å²) >= 11 is 5.65. The van der Waals surface area contributed by atoms with Crippen molar-refractivity contribution >= 4 is 17.3 Å². The van der Waals surface area contributed by atoms with Gasteiger partial charge in [0.15, 0.2) is 5.75 Å². The topological polar surface area (TPSA) is 61.6 Å². The van der Waals surface area contributed by atoms with Crippen molar-refractivity contribution in [2.45, 2.75) is 19.8 Å². The number of benzene rings is 1. The number of nitro groups is 1. The summed E-state index contributed by atoms with van der Waals surface area (Å²) in [6.45, 7) is 2.30. The van der Waals surface area contributed by atoms with Crippen molar-refractivity contribution in [3.63, 3.8) is 0 Å². The fourth-order valence-corrected chi connectivity index (χ4v) is 1.21. The maximum absolute atomic E-state index is 13.1. The first-order valence-electron chi connectivity index (χ1n) is 4.99. The van der Waals surface area contributed by atoms with Gasteiger partial charge in [-0.25, -0.2) is 0 Å². The summed E-state index contributed by atoms with van der Waals surface area (Å²) in [5, 5.41) is 10.4. The van der Waals surface area contributed by atoms with Crippen molar-refractivity contribution in [2.75, 3.05) is 6.61 Å². The monoisotopic (exact) mass is 263 g/mol. The quantitative estimate of drug-likeness (QED) is 0.341. The van der Waals surface area contributed by atoms with Gasteiger partial charge in [-0.05, 0) is 6.42 Å². The second-order valence-corrected chi connectivity index (χ2v) is 3.66. The predicted octanol–water partition coefficient (Wildman–Crippen LogP) is 3.50. The molecular weight excluding hydrogens is 253 g/mol. The minimum Gasteiger partial charge on any atom is -0.336 e. The average molecular weight is 264 g/mol. The van der Waals surface area contributed by atoms with Crippen molar-refractivity contribution in [3.8, 4) is 5.75 Å². The van der Waals surface area contributed by atoms with Crippen LogP contribution in [0.5, 0.6) is 5.75 Å². The van der Waals surface area contributed by atoms with E-state index in [-0.39, 0.29) is 10.8 Å².